The Morgan fingerprint density at radius 1 is 1.06 bits per heavy atom. The number of nitrogens with zero attached hydrogens (tertiary/aromatic N) is 4. The minimum Gasteiger partial charge on any atom is -0.444 e. The van der Waals surface area contributed by atoms with Gasteiger partial charge in [0.05, 0.1) is 16.4 Å². The Morgan fingerprint density at radius 3 is 2.34 bits per heavy atom. The zero-order valence-corrected chi connectivity index (χ0v) is 19.6. The summed E-state index contributed by atoms with van der Waals surface area (Å²) in [7, 11) is -3.81. The third-order valence-corrected chi connectivity index (χ3v) is 7.55. The number of amides is 2. The number of carbonyl (C=O) groups is 2. The normalized spacial score (nSPS) is 20.5. The summed E-state index contributed by atoms with van der Waals surface area (Å²) >= 11 is 0. The number of rotatable bonds is 3. The molecule has 2 aliphatic heterocycles. The van der Waals surface area contributed by atoms with E-state index >= 15 is 0 Å². The van der Waals surface area contributed by atoms with Gasteiger partial charge in [-0.05, 0) is 45.7 Å². The van der Waals surface area contributed by atoms with Crippen LogP contribution in [0.15, 0.2) is 29.2 Å². The molecule has 2 heterocycles. The van der Waals surface area contributed by atoms with E-state index in [-0.39, 0.29) is 48.5 Å². The molecule has 0 bridgehead atoms. The van der Waals surface area contributed by atoms with E-state index in [9.17, 15) is 23.3 Å². The van der Waals surface area contributed by atoms with Gasteiger partial charge in [-0.3, -0.25) is 4.79 Å². The van der Waals surface area contributed by atoms with Crippen molar-refractivity contribution in [2.45, 2.75) is 44.1 Å². The van der Waals surface area contributed by atoms with Crippen LogP contribution in [0.2, 0.25) is 0 Å². The van der Waals surface area contributed by atoms with Crippen LogP contribution in [0.25, 0.3) is 0 Å². The standard InChI is InChI=1S/C22H30N4O5S/c1-22(2,3)31-21(28)25-10-6-8-18(16-25)20(27)24-11-13-26(14-12-24)32(29,30)19-9-5-4-7-17(19)15-23/h4-5,7,9,18H,6,8,10-14,16H2,1-3H3/t18-/m0/s1. The molecule has 1 aromatic carbocycles. The number of piperazine rings is 1. The van der Waals surface area contributed by atoms with E-state index in [0.717, 1.165) is 6.42 Å². The third-order valence-electron chi connectivity index (χ3n) is 5.60. The van der Waals surface area contributed by atoms with Crippen LogP contribution in [-0.2, 0) is 19.6 Å². The van der Waals surface area contributed by atoms with Crippen LogP contribution in [-0.4, -0.2) is 79.4 Å². The summed E-state index contributed by atoms with van der Waals surface area (Å²) in [5.74, 6) is -0.383. The van der Waals surface area contributed by atoms with E-state index in [1.165, 1.54) is 16.4 Å². The first-order chi connectivity index (χ1) is 15.0. The van der Waals surface area contributed by atoms with Crippen LogP contribution in [0.5, 0.6) is 0 Å². The largest absolute Gasteiger partial charge is 0.444 e. The summed E-state index contributed by atoms with van der Waals surface area (Å²) in [4.78, 5) is 28.7. The maximum Gasteiger partial charge on any atom is 0.410 e. The topological polar surface area (TPSA) is 111 Å². The molecule has 2 fully saturated rings. The van der Waals surface area contributed by atoms with Crippen molar-refractivity contribution in [3.05, 3.63) is 29.8 Å². The molecule has 0 aliphatic carbocycles. The zero-order chi connectivity index (χ0) is 23.5. The average molecular weight is 463 g/mol. The van der Waals surface area contributed by atoms with Crippen molar-refractivity contribution >= 4 is 22.0 Å². The van der Waals surface area contributed by atoms with Crippen molar-refractivity contribution in [1.82, 2.24) is 14.1 Å². The fourth-order valence-electron chi connectivity index (χ4n) is 4.00. The van der Waals surface area contributed by atoms with E-state index in [4.69, 9.17) is 4.74 Å². The molecule has 2 amide bonds. The van der Waals surface area contributed by atoms with E-state index < -0.39 is 21.7 Å². The molecule has 0 spiro atoms. The van der Waals surface area contributed by atoms with E-state index in [1.54, 1.807) is 42.7 Å². The van der Waals surface area contributed by atoms with Crippen molar-refractivity contribution in [1.29, 1.82) is 5.26 Å². The summed E-state index contributed by atoms with van der Waals surface area (Å²) in [6, 6.07) is 8.05. The molecule has 0 aromatic heterocycles. The van der Waals surface area contributed by atoms with Gasteiger partial charge in [-0.2, -0.15) is 9.57 Å². The van der Waals surface area contributed by atoms with E-state index in [1.807, 2.05) is 6.07 Å². The summed E-state index contributed by atoms with van der Waals surface area (Å²) in [6.45, 7) is 7.16. The number of carbonyl (C=O) groups excluding carboxylic acids is 2. The van der Waals surface area contributed by atoms with Crippen LogP contribution in [0, 0.1) is 17.2 Å². The monoisotopic (exact) mass is 462 g/mol. The van der Waals surface area contributed by atoms with Crippen molar-refractivity contribution < 1.29 is 22.7 Å². The summed E-state index contributed by atoms with van der Waals surface area (Å²) in [5, 5.41) is 9.24. The predicted octanol–water partition coefficient (Wildman–Crippen LogP) is 2.04. The number of piperidine rings is 1. The van der Waals surface area contributed by atoms with Crippen molar-refractivity contribution in [2.75, 3.05) is 39.3 Å². The molecule has 0 saturated carbocycles. The Morgan fingerprint density at radius 2 is 1.72 bits per heavy atom. The molecule has 1 atom stereocenters. The van der Waals surface area contributed by atoms with Gasteiger partial charge in [0.1, 0.15) is 11.7 Å². The van der Waals surface area contributed by atoms with E-state index in [2.05, 4.69) is 0 Å². The fourth-order valence-corrected chi connectivity index (χ4v) is 5.57. The van der Waals surface area contributed by atoms with Gasteiger partial charge in [0.25, 0.3) is 0 Å². The SMILES string of the molecule is CC(C)(C)OC(=O)N1CCC[C@H](C(=O)N2CCN(S(=O)(=O)c3ccccc3C#N)CC2)C1. The Balaban J connectivity index is 1.61. The summed E-state index contributed by atoms with van der Waals surface area (Å²) in [6.07, 6.45) is 0.989. The maximum absolute atomic E-state index is 13.1. The molecule has 32 heavy (non-hydrogen) atoms. The second kappa shape index (κ2) is 9.46. The van der Waals surface area contributed by atoms with Gasteiger partial charge >= 0.3 is 6.09 Å². The van der Waals surface area contributed by atoms with Gasteiger partial charge in [-0.1, -0.05) is 12.1 Å². The number of hydrogen-bond donors (Lipinski definition) is 0. The highest BCUT2D eigenvalue weighted by Gasteiger charge is 2.36. The second-order valence-corrected chi connectivity index (χ2v) is 11.0. The van der Waals surface area contributed by atoms with Crippen molar-refractivity contribution in [3.8, 4) is 6.07 Å². The quantitative estimate of drug-likeness (QED) is 0.680. The molecule has 9 nitrogen and oxygen atoms in total. The van der Waals surface area contributed by atoms with Gasteiger partial charge in [-0.15, -0.1) is 0 Å². The van der Waals surface area contributed by atoms with Crippen LogP contribution >= 0.6 is 0 Å². The Bertz CT molecular complexity index is 1000. The predicted molar refractivity (Wildman–Crippen MR) is 117 cm³/mol. The van der Waals surface area contributed by atoms with Gasteiger partial charge in [0.15, 0.2) is 0 Å². The second-order valence-electron chi connectivity index (χ2n) is 9.10. The molecule has 0 radical (unpaired) electrons. The lowest BCUT2D eigenvalue weighted by Crippen LogP contribution is -2.54. The summed E-state index contributed by atoms with van der Waals surface area (Å²) < 4.78 is 32.7. The number of hydrogen-bond acceptors (Lipinski definition) is 6. The molecular weight excluding hydrogens is 432 g/mol. The highest BCUT2D eigenvalue weighted by atomic mass is 32.2. The molecule has 0 N–H and O–H groups in total. The Hall–Kier alpha value is -2.64. The van der Waals surface area contributed by atoms with E-state index in [0.29, 0.717) is 19.5 Å². The van der Waals surface area contributed by atoms with Crippen LogP contribution in [0.4, 0.5) is 4.79 Å². The smallest absolute Gasteiger partial charge is 0.410 e. The first-order valence-electron chi connectivity index (χ1n) is 10.8. The molecule has 3 rings (SSSR count). The molecule has 174 valence electrons. The fraction of sp³-hybridized carbons (Fsp3) is 0.591. The van der Waals surface area contributed by atoms with Gasteiger partial charge in [0, 0.05) is 39.3 Å². The zero-order valence-electron chi connectivity index (χ0n) is 18.8. The number of ether oxygens (including phenoxy) is 1. The first-order valence-corrected chi connectivity index (χ1v) is 12.2. The molecule has 1 aromatic rings. The maximum atomic E-state index is 13.1. The third kappa shape index (κ3) is 5.40. The number of sulfonamides is 1. The highest BCUT2D eigenvalue weighted by molar-refractivity contribution is 7.89. The lowest BCUT2D eigenvalue weighted by molar-refractivity contribution is -0.138. The Labute approximate surface area is 189 Å². The van der Waals surface area contributed by atoms with Crippen LogP contribution < -0.4 is 0 Å². The van der Waals surface area contributed by atoms with Crippen molar-refractivity contribution in [2.24, 2.45) is 5.92 Å². The van der Waals surface area contributed by atoms with Crippen LogP contribution in [0.3, 0.4) is 0 Å². The van der Waals surface area contributed by atoms with Crippen molar-refractivity contribution in [3.63, 3.8) is 0 Å². The molecular formula is C22H30N4O5S. The average Bonchev–Trinajstić information content (AvgIpc) is 2.77. The van der Waals surface area contributed by atoms with Gasteiger partial charge in [-0.25, -0.2) is 13.2 Å². The van der Waals surface area contributed by atoms with Gasteiger partial charge < -0.3 is 14.5 Å². The molecule has 2 aliphatic rings. The lowest BCUT2D eigenvalue weighted by Gasteiger charge is -2.38. The summed E-state index contributed by atoms with van der Waals surface area (Å²) in [5.41, 5.74) is -0.490. The molecule has 2 saturated heterocycles. The lowest BCUT2D eigenvalue weighted by atomic mass is 9.96. The number of likely N-dealkylation sites (tertiary alicyclic amines) is 1. The Kier molecular flexibility index (Phi) is 7.10. The minimum absolute atomic E-state index is 0.0115. The first kappa shape index (κ1) is 24.0. The number of benzene rings is 1. The minimum atomic E-state index is -3.81. The molecule has 10 heteroatoms. The van der Waals surface area contributed by atoms with Crippen LogP contribution in [0.1, 0.15) is 39.2 Å². The molecule has 0 unspecified atom stereocenters. The van der Waals surface area contributed by atoms with Gasteiger partial charge in [0.2, 0.25) is 15.9 Å². The number of nitriles is 1. The highest BCUT2D eigenvalue weighted by Crippen LogP contribution is 2.24.